The van der Waals surface area contributed by atoms with E-state index in [0.29, 0.717) is 0 Å². The number of halogens is 7. The van der Waals surface area contributed by atoms with Crippen molar-refractivity contribution in [2.45, 2.75) is 95.6 Å². The van der Waals surface area contributed by atoms with Gasteiger partial charge in [0.15, 0.2) is 5.82 Å². The van der Waals surface area contributed by atoms with Crippen LogP contribution in [-0.2, 0) is 4.79 Å². The molecule has 0 saturated heterocycles. The summed E-state index contributed by atoms with van der Waals surface area (Å²) >= 11 is 0. The molecule has 3 N–H and O–H groups in total. The van der Waals surface area contributed by atoms with Crippen LogP contribution < -0.4 is 10.6 Å². The Morgan fingerprint density at radius 3 is 2.39 bits per heavy atom. The van der Waals surface area contributed by atoms with E-state index in [1.807, 2.05) is 0 Å². The maximum absolute atomic E-state index is 15.9. The molecule has 242 valence electrons. The average Bonchev–Trinajstić information content (AvgIpc) is 3.57. The molecule has 2 amide bonds. The van der Waals surface area contributed by atoms with Gasteiger partial charge in [-0.2, -0.15) is 18.3 Å². The summed E-state index contributed by atoms with van der Waals surface area (Å²) < 4.78 is 99.5. The maximum atomic E-state index is 15.9. The number of rotatable bonds is 10. The Labute approximate surface area is 248 Å². The van der Waals surface area contributed by atoms with Gasteiger partial charge in [-0.3, -0.25) is 9.59 Å². The van der Waals surface area contributed by atoms with Gasteiger partial charge in [0.1, 0.15) is 23.3 Å². The van der Waals surface area contributed by atoms with Gasteiger partial charge in [0, 0.05) is 24.4 Å². The zero-order chi connectivity index (χ0) is 32.6. The molecule has 44 heavy (non-hydrogen) atoms. The number of hydrogen-bond acceptors (Lipinski definition) is 5. The minimum Gasteiger partial charge on any atom is -0.352 e. The number of imidazole rings is 1. The Morgan fingerprint density at radius 1 is 1.14 bits per heavy atom. The first kappa shape index (κ1) is 33.2. The van der Waals surface area contributed by atoms with Crippen LogP contribution in [0.25, 0.3) is 11.0 Å². The van der Waals surface area contributed by atoms with Crippen LogP contribution in [0.1, 0.15) is 99.8 Å². The Kier molecular flexibility index (Phi) is 9.31. The minimum atomic E-state index is -4.86. The van der Waals surface area contributed by atoms with Crippen LogP contribution in [0, 0.1) is 11.7 Å². The topological polar surface area (TPSA) is 118 Å². The van der Waals surface area contributed by atoms with E-state index in [1.54, 1.807) is 13.8 Å². The Hall–Kier alpha value is -3.72. The first-order chi connectivity index (χ1) is 20.3. The van der Waals surface area contributed by atoms with Gasteiger partial charge in [-0.25, -0.2) is 32.2 Å². The van der Waals surface area contributed by atoms with Crippen molar-refractivity contribution in [3.05, 3.63) is 41.5 Å². The van der Waals surface area contributed by atoms with Crippen molar-refractivity contribution in [1.29, 1.82) is 0 Å². The van der Waals surface area contributed by atoms with Crippen molar-refractivity contribution in [3.63, 3.8) is 0 Å². The van der Waals surface area contributed by atoms with Gasteiger partial charge < -0.3 is 15.6 Å². The van der Waals surface area contributed by atoms with Crippen LogP contribution in [-0.4, -0.2) is 60.9 Å². The molecular formula is C28H34F7N7O2. The summed E-state index contributed by atoms with van der Waals surface area (Å²) in [5.41, 5.74) is -2.90. The molecule has 1 aliphatic rings. The molecule has 4 rings (SSSR count). The van der Waals surface area contributed by atoms with Crippen molar-refractivity contribution < 1.29 is 40.3 Å². The fourth-order valence-electron chi connectivity index (χ4n) is 5.29. The van der Waals surface area contributed by atoms with Crippen molar-refractivity contribution in [1.82, 2.24) is 35.4 Å². The molecule has 0 unspecified atom stereocenters. The number of H-pyrrole nitrogens is 1. The van der Waals surface area contributed by atoms with Gasteiger partial charge >= 0.3 is 6.18 Å². The van der Waals surface area contributed by atoms with Crippen LogP contribution in [0.3, 0.4) is 0 Å². The average molecular weight is 634 g/mol. The van der Waals surface area contributed by atoms with Crippen molar-refractivity contribution in [2.24, 2.45) is 5.92 Å². The predicted molar refractivity (Wildman–Crippen MR) is 145 cm³/mol. The molecule has 1 aromatic carbocycles. The van der Waals surface area contributed by atoms with Crippen LogP contribution >= 0.6 is 0 Å². The maximum Gasteiger partial charge on any atom is 0.390 e. The van der Waals surface area contributed by atoms with Crippen LogP contribution in [0.5, 0.6) is 0 Å². The summed E-state index contributed by atoms with van der Waals surface area (Å²) in [4.78, 5) is 37.1. The van der Waals surface area contributed by atoms with E-state index in [0.717, 1.165) is 19.9 Å². The first-order valence-electron chi connectivity index (χ1n) is 14.1. The Morgan fingerprint density at radius 2 is 1.80 bits per heavy atom. The summed E-state index contributed by atoms with van der Waals surface area (Å²) in [7, 11) is 0. The van der Waals surface area contributed by atoms with E-state index >= 15 is 4.39 Å². The highest BCUT2D eigenvalue weighted by atomic mass is 19.4. The molecule has 3 aromatic rings. The summed E-state index contributed by atoms with van der Waals surface area (Å²) in [6.07, 6.45) is -6.29. The molecule has 9 nitrogen and oxygen atoms in total. The summed E-state index contributed by atoms with van der Waals surface area (Å²) in [6, 6.07) is 0.994. The Bertz CT molecular complexity index is 1480. The molecule has 1 fully saturated rings. The van der Waals surface area contributed by atoms with Gasteiger partial charge in [-0.05, 0) is 52.5 Å². The number of nitrogens with one attached hydrogen (secondary N) is 3. The SMILES string of the molecule is CC(C)n1ncnc1C(=O)N[C@H](c1nc2c(F)c([C@H](CC(F)(F)F)C(=O)NCC(C)(C)F)ccc2[nH]1)C1CCC(F)(F)CC1. The lowest BCUT2D eigenvalue weighted by molar-refractivity contribution is -0.148. The molecule has 0 bridgehead atoms. The molecule has 16 heteroatoms. The first-order valence-corrected chi connectivity index (χ1v) is 14.1. The number of fused-ring (bicyclic) bond motifs is 1. The molecule has 1 aliphatic carbocycles. The van der Waals surface area contributed by atoms with Crippen LogP contribution in [0.15, 0.2) is 18.5 Å². The lowest BCUT2D eigenvalue weighted by Crippen LogP contribution is -2.39. The number of alkyl halides is 6. The number of aromatic amines is 1. The number of carbonyl (C=O) groups excluding carboxylic acids is 2. The van der Waals surface area contributed by atoms with Crippen LogP contribution in [0.2, 0.25) is 0 Å². The molecule has 2 heterocycles. The fourth-order valence-corrected chi connectivity index (χ4v) is 5.29. The van der Waals surface area contributed by atoms with Crippen molar-refractivity contribution in [2.75, 3.05) is 6.54 Å². The Balaban J connectivity index is 1.72. The highest BCUT2D eigenvalue weighted by molar-refractivity contribution is 5.91. The smallest absolute Gasteiger partial charge is 0.352 e. The number of benzene rings is 1. The van der Waals surface area contributed by atoms with Crippen molar-refractivity contribution >= 4 is 22.8 Å². The van der Waals surface area contributed by atoms with E-state index in [9.17, 15) is 35.9 Å². The lowest BCUT2D eigenvalue weighted by atomic mass is 9.81. The van der Waals surface area contributed by atoms with Gasteiger partial charge in [-0.15, -0.1) is 0 Å². The second kappa shape index (κ2) is 12.3. The third kappa shape index (κ3) is 7.86. The van der Waals surface area contributed by atoms with Crippen LogP contribution in [0.4, 0.5) is 30.7 Å². The molecule has 2 aromatic heterocycles. The zero-order valence-corrected chi connectivity index (χ0v) is 24.5. The highest BCUT2D eigenvalue weighted by Crippen LogP contribution is 2.42. The molecule has 0 radical (unpaired) electrons. The van der Waals surface area contributed by atoms with E-state index in [-0.39, 0.29) is 36.0 Å². The standard InChI is InChI=1S/C28H34F7N7O2/c1-14(2)42-23(37-13-38-42)25(44)41-20(15-7-9-27(31,32)10-8-15)22-39-18-6-5-16(19(29)21(18)40-22)17(11-28(33,34)35)24(43)36-12-26(3,4)30/h5-6,13-15,17,20H,7-12H2,1-4H3,(H,36,43)(H,39,40)(H,41,44)/t17-,20-/m0/s1. The van der Waals surface area contributed by atoms with E-state index in [1.165, 1.54) is 17.1 Å². The number of amides is 2. The lowest BCUT2D eigenvalue weighted by Gasteiger charge is -2.33. The van der Waals surface area contributed by atoms with Gasteiger partial charge in [0.2, 0.25) is 17.7 Å². The minimum absolute atomic E-state index is 0.00164. The van der Waals surface area contributed by atoms with Gasteiger partial charge in [0.05, 0.1) is 30.4 Å². The number of nitrogens with zero attached hydrogens (tertiary/aromatic N) is 4. The zero-order valence-electron chi connectivity index (χ0n) is 24.5. The quantitative estimate of drug-likeness (QED) is 0.234. The largest absolute Gasteiger partial charge is 0.390 e. The monoisotopic (exact) mass is 633 g/mol. The third-order valence-corrected chi connectivity index (χ3v) is 7.53. The summed E-state index contributed by atoms with van der Waals surface area (Å²) in [6.45, 7) is 5.20. The van der Waals surface area contributed by atoms with E-state index < -0.39 is 90.2 Å². The molecular weight excluding hydrogens is 599 g/mol. The fraction of sp³-hybridized carbons (Fsp3) is 0.607. The summed E-state index contributed by atoms with van der Waals surface area (Å²) in [5.74, 6) is -8.65. The number of hydrogen-bond donors (Lipinski definition) is 3. The molecule has 0 aliphatic heterocycles. The normalized spacial score (nSPS) is 17.5. The van der Waals surface area contributed by atoms with Gasteiger partial charge in [0.25, 0.3) is 5.91 Å². The van der Waals surface area contributed by atoms with Crippen molar-refractivity contribution in [3.8, 4) is 0 Å². The molecule has 2 atom stereocenters. The number of carbonyl (C=O) groups is 2. The molecule has 1 saturated carbocycles. The second-order valence-corrected chi connectivity index (χ2v) is 12.1. The predicted octanol–water partition coefficient (Wildman–Crippen LogP) is 6.07. The van der Waals surface area contributed by atoms with E-state index in [2.05, 4.69) is 30.7 Å². The van der Waals surface area contributed by atoms with E-state index in [4.69, 9.17) is 0 Å². The van der Waals surface area contributed by atoms with Gasteiger partial charge in [-0.1, -0.05) is 6.07 Å². The highest BCUT2D eigenvalue weighted by Gasteiger charge is 2.41. The molecule has 0 spiro atoms. The third-order valence-electron chi connectivity index (χ3n) is 7.53. The second-order valence-electron chi connectivity index (χ2n) is 12.1. The number of aromatic nitrogens is 5. The summed E-state index contributed by atoms with van der Waals surface area (Å²) in [5, 5.41) is 8.89.